The van der Waals surface area contributed by atoms with Gasteiger partial charge < -0.3 is 37.0 Å². The summed E-state index contributed by atoms with van der Waals surface area (Å²) in [5, 5.41) is 35.5. The minimum atomic E-state index is -1.31. The fourth-order valence-corrected chi connectivity index (χ4v) is 3.55. The third kappa shape index (κ3) is 11.3. The molecule has 0 saturated carbocycles. The lowest BCUT2D eigenvalue weighted by atomic mass is 10.00. The van der Waals surface area contributed by atoms with E-state index >= 15 is 0 Å². The number of nitrogens with two attached hydrogens (primary N) is 1. The average Bonchev–Trinajstić information content (AvgIpc) is 2.79. The van der Waals surface area contributed by atoms with Crippen LogP contribution in [0.5, 0.6) is 5.75 Å². The van der Waals surface area contributed by atoms with Gasteiger partial charge in [0.15, 0.2) is 0 Å². The first kappa shape index (κ1) is 31.4. The van der Waals surface area contributed by atoms with Gasteiger partial charge in [-0.3, -0.25) is 19.2 Å². The second-order valence-corrected chi connectivity index (χ2v) is 9.73. The fourth-order valence-electron chi connectivity index (χ4n) is 3.55. The van der Waals surface area contributed by atoms with Crippen LogP contribution in [0, 0.1) is 11.8 Å². The molecule has 1 aromatic carbocycles. The second-order valence-electron chi connectivity index (χ2n) is 9.73. The van der Waals surface area contributed by atoms with Gasteiger partial charge in [-0.05, 0) is 42.4 Å². The van der Waals surface area contributed by atoms with Crippen molar-refractivity contribution >= 4 is 29.7 Å². The van der Waals surface area contributed by atoms with E-state index < -0.39 is 66.2 Å². The molecule has 3 amide bonds. The van der Waals surface area contributed by atoms with Gasteiger partial charge in [0.25, 0.3) is 0 Å². The van der Waals surface area contributed by atoms with Gasteiger partial charge in [-0.15, -0.1) is 0 Å². The number of carbonyl (C=O) groups excluding carboxylic acids is 3. The number of amides is 3. The van der Waals surface area contributed by atoms with Gasteiger partial charge in [-0.25, -0.2) is 4.79 Å². The minimum absolute atomic E-state index is 0.0111. The number of benzene rings is 1. The third-order valence-corrected chi connectivity index (χ3v) is 5.58. The van der Waals surface area contributed by atoms with Crippen LogP contribution in [0.1, 0.15) is 52.5 Å². The lowest BCUT2D eigenvalue weighted by Gasteiger charge is -2.27. The number of hydrogen-bond acceptors (Lipinski definition) is 7. The zero-order valence-electron chi connectivity index (χ0n) is 21.6. The number of rotatable bonds is 15. The van der Waals surface area contributed by atoms with E-state index in [1.54, 1.807) is 13.8 Å². The molecule has 0 heterocycles. The molecule has 0 fully saturated rings. The molecule has 0 radical (unpaired) electrons. The molecule has 0 aliphatic rings. The van der Waals surface area contributed by atoms with Crippen molar-refractivity contribution in [2.24, 2.45) is 17.6 Å². The first-order valence-corrected chi connectivity index (χ1v) is 12.1. The van der Waals surface area contributed by atoms with E-state index in [9.17, 15) is 34.2 Å². The largest absolute Gasteiger partial charge is 0.508 e. The van der Waals surface area contributed by atoms with E-state index in [2.05, 4.69) is 16.0 Å². The van der Waals surface area contributed by atoms with Crippen LogP contribution in [0.2, 0.25) is 0 Å². The summed E-state index contributed by atoms with van der Waals surface area (Å²) in [5.74, 6) is -4.96. The molecule has 1 rings (SSSR count). The van der Waals surface area contributed by atoms with Crippen LogP contribution in [0.3, 0.4) is 0 Å². The van der Waals surface area contributed by atoms with E-state index in [1.807, 2.05) is 13.8 Å². The number of aromatic hydroxyl groups is 1. The number of carbonyl (C=O) groups is 5. The maximum atomic E-state index is 13.0. The Labute approximate surface area is 216 Å². The SMILES string of the molecule is CC(C)CC(N)C(=O)NC(CCC(=O)O)C(=O)NC(C(=O)NC(Cc1ccc(O)cc1)C(=O)O)C(C)C. The second kappa shape index (κ2) is 14.8. The van der Waals surface area contributed by atoms with Crippen molar-refractivity contribution in [3.63, 3.8) is 0 Å². The van der Waals surface area contributed by atoms with Gasteiger partial charge in [0.2, 0.25) is 17.7 Å². The number of carboxylic acids is 2. The van der Waals surface area contributed by atoms with E-state index in [0.717, 1.165) is 0 Å². The average molecular weight is 523 g/mol. The van der Waals surface area contributed by atoms with Crippen molar-refractivity contribution in [2.75, 3.05) is 0 Å². The third-order valence-electron chi connectivity index (χ3n) is 5.58. The highest BCUT2D eigenvalue weighted by molar-refractivity contribution is 5.94. The molecule has 0 saturated heterocycles. The molecule has 4 atom stereocenters. The molecule has 37 heavy (non-hydrogen) atoms. The predicted molar refractivity (Wildman–Crippen MR) is 134 cm³/mol. The molecular weight excluding hydrogens is 484 g/mol. The van der Waals surface area contributed by atoms with Crippen LogP contribution in [-0.2, 0) is 30.4 Å². The van der Waals surface area contributed by atoms with Crippen molar-refractivity contribution in [1.82, 2.24) is 16.0 Å². The highest BCUT2D eigenvalue weighted by Gasteiger charge is 2.32. The summed E-state index contributed by atoms with van der Waals surface area (Å²) in [7, 11) is 0. The first-order chi connectivity index (χ1) is 17.2. The lowest BCUT2D eigenvalue weighted by molar-refractivity contribution is -0.142. The number of carboxylic acid groups (broad SMARTS) is 2. The van der Waals surface area contributed by atoms with Crippen LogP contribution >= 0.6 is 0 Å². The lowest BCUT2D eigenvalue weighted by Crippen LogP contribution is -2.58. The zero-order chi connectivity index (χ0) is 28.3. The number of phenolic OH excluding ortho intramolecular Hbond substituents is 1. The topological polar surface area (TPSA) is 208 Å². The molecule has 8 N–H and O–H groups in total. The van der Waals surface area contributed by atoms with Crippen LogP contribution in [0.25, 0.3) is 0 Å². The molecule has 1 aromatic rings. The van der Waals surface area contributed by atoms with Crippen LogP contribution in [-0.4, -0.2) is 69.1 Å². The monoisotopic (exact) mass is 522 g/mol. The van der Waals surface area contributed by atoms with E-state index in [0.29, 0.717) is 12.0 Å². The predicted octanol–water partition coefficient (Wildman–Crippen LogP) is 0.368. The maximum absolute atomic E-state index is 13.0. The smallest absolute Gasteiger partial charge is 0.326 e. The number of nitrogens with one attached hydrogen (secondary N) is 3. The minimum Gasteiger partial charge on any atom is -0.508 e. The Balaban J connectivity index is 2.99. The summed E-state index contributed by atoms with van der Waals surface area (Å²) in [6.45, 7) is 7.03. The van der Waals surface area contributed by atoms with Gasteiger partial charge in [0.1, 0.15) is 23.9 Å². The van der Waals surface area contributed by atoms with Crippen molar-refractivity contribution < 1.29 is 39.3 Å². The Bertz CT molecular complexity index is 949. The Kier molecular flexibility index (Phi) is 12.5. The highest BCUT2D eigenvalue weighted by Crippen LogP contribution is 2.12. The molecule has 0 spiro atoms. The molecule has 0 bridgehead atoms. The zero-order valence-corrected chi connectivity index (χ0v) is 21.6. The Morgan fingerprint density at radius 2 is 1.41 bits per heavy atom. The summed E-state index contributed by atoms with van der Waals surface area (Å²) in [5.41, 5.74) is 6.44. The van der Waals surface area contributed by atoms with Crippen LogP contribution < -0.4 is 21.7 Å². The Morgan fingerprint density at radius 3 is 1.89 bits per heavy atom. The quantitative estimate of drug-likeness (QED) is 0.169. The van der Waals surface area contributed by atoms with Gasteiger partial charge in [0, 0.05) is 12.8 Å². The molecule has 0 aromatic heterocycles. The molecule has 206 valence electrons. The van der Waals surface area contributed by atoms with Crippen LogP contribution in [0.4, 0.5) is 0 Å². The standard InChI is InChI=1S/C25H38N4O8/c1-13(2)11-17(26)22(33)27-18(9-10-20(31)32)23(34)29-21(14(3)4)24(35)28-19(25(36)37)12-15-5-7-16(30)8-6-15/h5-8,13-14,17-19,21,30H,9-12,26H2,1-4H3,(H,27,33)(H,28,35)(H,29,34)(H,31,32)(H,36,37). The van der Waals surface area contributed by atoms with Crippen molar-refractivity contribution in [3.8, 4) is 5.75 Å². The molecule has 0 aliphatic heterocycles. The molecule has 4 unspecified atom stereocenters. The van der Waals surface area contributed by atoms with E-state index in [-0.39, 0.29) is 24.5 Å². The summed E-state index contributed by atoms with van der Waals surface area (Å²) < 4.78 is 0. The summed E-state index contributed by atoms with van der Waals surface area (Å²) in [6.07, 6.45) is -0.352. The number of aliphatic carboxylic acids is 2. The van der Waals surface area contributed by atoms with Gasteiger partial charge >= 0.3 is 11.9 Å². The summed E-state index contributed by atoms with van der Waals surface area (Å²) in [4.78, 5) is 61.3. The van der Waals surface area contributed by atoms with Gasteiger partial charge in [-0.2, -0.15) is 0 Å². The van der Waals surface area contributed by atoms with Crippen molar-refractivity contribution in [2.45, 2.75) is 77.5 Å². The first-order valence-electron chi connectivity index (χ1n) is 12.1. The molecule has 12 nitrogen and oxygen atoms in total. The highest BCUT2D eigenvalue weighted by atomic mass is 16.4. The number of phenols is 1. The molecular formula is C25H38N4O8. The summed E-state index contributed by atoms with van der Waals surface area (Å²) in [6, 6.07) is 1.20. The normalized spacial score (nSPS) is 14.4. The fraction of sp³-hybridized carbons (Fsp3) is 0.560. The van der Waals surface area contributed by atoms with Crippen molar-refractivity contribution in [3.05, 3.63) is 29.8 Å². The van der Waals surface area contributed by atoms with E-state index in [4.69, 9.17) is 10.8 Å². The molecule has 0 aliphatic carbocycles. The van der Waals surface area contributed by atoms with Crippen molar-refractivity contribution in [1.29, 1.82) is 0 Å². The summed E-state index contributed by atoms with van der Waals surface area (Å²) >= 11 is 0. The Morgan fingerprint density at radius 1 is 0.838 bits per heavy atom. The maximum Gasteiger partial charge on any atom is 0.326 e. The van der Waals surface area contributed by atoms with Gasteiger partial charge in [-0.1, -0.05) is 39.8 Å². The van der Waals surface area contributed by atoms with Crippen LogP contribution in [0.15, 0.2) is 24.3 Å². The van der Waals surface area contributed by atoms with Gasteiger partial charge in [0.05, 0.1) is 6.04 Å². The molecule has 12 heteroatoms. The van der Waals surface area contributed by atoms with E-state index in [1.165, 1.54) is 24.3 Å². The Hall–Kier alpha value is -3.67. The number of hydrogen-bond donors (Lipinski definition) is 7.